The number of nitrogens with one attached hydrogen (secondary N) is 2. The lowest BCUT2D eigenvalue weighted by atomic mass is 10.2. The van der Waals surface area contributed by atoms with Crippen molar-refractivity contribution in [3.8, 4) is 5.75 Å². The van der Waals surface area contributed by atoms with Crippen LogP contribution in [-0.4, -0.2) is 30.5 Å². The molecule has 0 atom stereocenters. The van der Waals surface area contributed by atoms with Crippen LogP contribution >= 0.6 is 39.1 Å². The highest BCUT2D eigenvalue weighted by molar-refractivity contribution is 9.10. The van der Waals surface area contributed by atoms with Crippen LogP contribution < -0.4 is 15.5 Å². The van der Waals surface area contributed by atoms with Crippen LogP contribution in [0.5, 0.6) is 5.75 Å². The zero-order valence-electron chi connectivity index (χ0n) is 16.8. The Kier molecular flexibility index (Phi) is 8.59. The van der Waals surface area contributed by atoms with Gasteiger partial charge < -0.3 is 10.1 Å². The summed E-state index contributed by atoms with van der Waals surface area (Å²) < 4.78 is 6.18. The second-order valence-corrected chi connectivity index (χ2v) is 8.30. The highest BCUT2D eigenvalue weighted by atomic mass is 79.9. The third kappa shape index (κ3) is 7.42. The molecule has 0 spiro atoms. The van der Waals surface area contributed by atoms with Crippen molar-refractivity contribution in [3.63, 3.8) is 0 Å². The van der Waals surface area contributed by atoms with Gasteiger partial charge in [0.15, 0.2) is 0 Å². The van der Waals surface area contributed by atoms with Gasteiger partial charge in [-0.05, 0) is 72.3 Å². The molecule has 2 N–H and O–H groups in total. The van der Waals surface area contributed by atoms with Crippen LogP contribution in [0, 0.1) is 0 Å². The summed E-state index contributed by atoms with van der Waals surface area (Å²) in [6.07, 6.45) is 1.42. The van der Waals surface area contributed by atoms with Crippen LogP contribution in [-0.2, 0) is 4.79 Å². The Balaban J connectivity index is 1.45. The molecule has 0 unspecified atom stereocenters. The molecule has 0 fully saturated rings. The maximum Gasteiger partial charge on any atom is 0.343 e. The topological polar surface area (TPSA) is 96.9 Å². The van der Waals surface area contributed by atoms with Gasteiger partial charge in [0.1, 0.15) is 5.75 Å². The van der Waals surface area contributed by atoms with Gasteiger partial charge in [0, 0.05) is 10.0 Å². The van der Waals surface area contributed by atoms with Crippen molar-refractivity contribution < 1.29 is 19.1 Å². The SMILES string of the molecule is O=C(CNC(=O)c1ccc(Cl)c(Cl)c1)N/N=C/c1ccc(OC(=O)c2ccc(Br)cc2)cc1. The van der Waals surface area contributed by atoms with Crippen LogP contribution in [0.2, 0.25) is 10.0 Å². The molecule has 3 aromatic rings. The van der Waals surface area contributed by atoms with E-state index in [1.807, 2.05) is 0 Å². The number of ether oxygens (including phenoxy) is 1. The van der Waals surface area contributed by atoms with Crippen LogP contribution in [0.1, 0.15) is 26.3 Å². The Labute approximate surface area is 207 Å². The van der Waals surface area contributed by atoms with E-state index in [-0.39, 0.29) is 17.1 Å². The minimum atomic E-state index is -0.514. The highest BCUT2D eigenvalue weighted by Gasteiger charge is 2.10. The number of nitrogens with zero attached hydrogens (tertiary/aromatic N) is 1. The first kappa shape index (κ1) is 24.4. The summed E-state index contributed by atoms with van der Waals surface area (Å²) in [6.45, 7) is -0.276. The zero-order chi connectivity index (χ0) is 23.8. The van der Waals surface area contributed by atoms with Crippen molar-refractivity contribution in [3.05, 3.63) is 97.9 Å². The first-order valence-corrected chi connectivity index (χ1v) is 11.0. The van der Waals surface area contributed by atoms with Crippen molar-refractivity contribution in [2.45, 2.75) is 0 Å². The van der Waals surface area contributed by atoms with E-state index in [0.717, 1.165) is 4.47 Å². The molecule has 0 aliphatic carbocycles. The van der Waals surface area contributed by atoms with Crippen LogP contribution in [0.25, 0.3) is 0 Å². The lowest BCUT2D eigenvalue weighted by molar-refractivity contribution is -0.120. The maximum atomic E-state index is 12.1. The lowest BCUT2D eigenvalue weighted by Gasteiger charge is -2.06. The minimum Gasteiger partial charge on any atom is -0.423 e. The summed E-state index contributed by atoms with van der Waals surface area (Å²) in [4.78, 5) is 36.1. The molecule has 168 valence electrons. The molecule has 3 aromatic carbocycles. The van der Waals surface area contributed by atoms with E-state index in [9.17, 15) is 14.4 Å². The fraction of sp³-hybridized carbons (Fsp3) is 0.0435. The first-order chi connectivity index (χ1) is 15.8. The molecule has 2 amide bonds. The molecular weight excluding hydrogens is 533 g/mol. The van der Waals surface area contributed by atoms with Gasteiger partial charge in [-0.15, -0.1) is 0 Å². The lowest BCUT2D eigenvalue weighted by Crippen LogP contribution is -2.34. The number of hydrogen-bond donors (Lipinski definition) is 2. The molecule has 0 saturated heterocycles. The predicted octanol–water partition coefficient (Wildman–Crippen LogP) is 4.86. The molecule has 0 bridgehead atoms. The summed E-state index contributed by atoms with van der Waals surface area (Å²) >= 11 is 15.0. The number of hydrogen-bond acceptors (Lipinski definition) is 5. The molecule has 0 radical (unpaired) electrons. The number of amides is 2. The zero-order valence-corrected chi connectivity index (χ0v) is 19.9. The Morgan fingerprint density at radius 3 is 2.24 bits per heavy atom. The Morgan fingerprint density at radius 1 is 0.909 bits per heavy atom. The monoisotopic (exact) mass is 547 g/mol. The van der Waals surface area contributed by atoms with E-state index < -0.39 is 17.8 Å². The molecule has 33 heavy (non-hydrogen) atoms. The van der Waals surface area contributed by atoms with Crippen molar-refractivity contribution in [2.75, 3.05) is 6.54 Å². The van der Waals surface area contributed by atoms with Crippen LogP contribution in [0.3, 0.4) is 0 Å². The van der Waals surface area contributed by atoms with Gasteiger partial charge in [-0.2, -0.15) is 5.10 Å². The molecule has 3 rings (SSSR count). The summed E-state index contributed by atoms with van der Waals surface area (Å²) in [5.74, 6) is -1.09. The van der Waals surface area contributed by atoms with Crippen molar-refractivity contribution >= 4 is 63.1 Å². The standard InChI is InChI=1S/C23H16BrCl2N3O4/c24-17-6-3-15(4-7-17)23(32)33-18-8-1-14(2-9-18)12-28-29-21(30)13-27-22(31)16-5-10-19(25)20(26)11-16/h1-12H,13H2,(H,27,31)(H,29,30)/b28-12+. The molecule has 0 aliphatic rings. The number of rotatable bonds is 7. The predicted molar refractivity (Wildman–Crippen MR) is 130 cm³/mol. The summed E-state index contributed by atoms with van der Waals surface area (Å²) in [5.41, 5.74) is 3.68. The van der Waals surface area contributed by atoms with Crippen molar-refractivity contribution in [1.29, 1.82) is 0 Å². The quantitative estimate of drug-likeness (QED) is 0.191. The molecule has 7 nitrogen and oxygen atoms in total. The molecule has 0 aromatic heterocycles. The minimum absolute atomic E-state index is 0.243. The van der Waals surface area contributed by atoms with E-state index in [4.69, 9.17) is 27.9 Å². The van der Waals surface area contributed by atoms with E-state index in [1.54, 1.807) is 48.5 Å². The van der Waals surface area contributed by atoms with E-state index in [2.05, 4.69) is 31.8 Å². The molecule has 0 saturated carbocycles. The van der Waals surface area contributed by atoms with Gasteiger partial charge in [0.05, 0.1) is 28.4 Å². The van der Waals surface area contributed by atoms with E-state index in [0.29, 0.717) is 21.9 Å². The van der Waals surface area contributed by atoms with Crippen LogP contribution in [0.15, 0.2) is 76.3 Å². The summed E-state index contributed by atoms with van der Waals surface area (Å²) in [6, 6.07) is 17.8. The second kappa shape index (κ2) is 11.6. The number of carbonyl (C=O) groups excluding carboxylic acids is 3. The second-order valence-electron chi connectivity index (χ2n) is 6.57. The third-order valence-corrected chi connectivity index (χ3v) is 5.43. The normalized spacial score (nSPS) is 10.6. The Bertz CT molecular complexity index is 1200. The fourth-order valence-corrected chi connectivity index (χ4v) is 3.05. The number of esters is 1. The molecular formula is C23H16BrCl2N3O4. The molecule has 0 heterocycles. The smallest absolute Gasteiger partial charge is 0.343 e. The van der Waals surface area contributed by atoms with E-state index in [1.165, 1.54) is 24.4 Å². The summed E-state index contributed by atoms with van der Waals surface area (Å²) in [7, 11) is 0. The number of benzene rings is 3. The van der Waals surface area contributed by atoms with Gasteiger partial charge in [-0.25, -0.2) is 10.2 Å². The number of halogens is 3. The first-order valence-electron chi connectivity index (χ1n) is 9.45. The van der Waals surface area contributed by atoms with Crippen molar-refractivity contribution in [1.82, 2.24) is 10.7 Å². The Morgan fingerprint density at radius 2 is 1.58 bits per heavy atom. The molecule has 10 heteroatoms. The highest BCUT2D eigenvalue weighted by Crippen LogP contribution is 2.22. The van der Waals surface area contributed by atoms with E-state index >= 15 is 0 Å². The summed E-state index contributed by atoms with van der Waals surface area (Å²) in [5, 5.41) is 6.87. The average molecular weight is 549 g/mol. The molecule has 0 aliphatic heterocycles. The fourth-order valence-electron chi connectivity index (χ4n) is 2.49. The van der Waals surface area contributed by atoms with Gasteiger partial charge in [0.2, 0.25) is 0 Å². The van der Waals surface area contributed by atoms with Gasteiger partial charge >= 0.3 is 5.97 Å². The van der Waals surface area contributed by atoms with Crippen molar-refractivity contribution in [2.24, 2.45) is 5.10 Å². The van der Waals surface area contributed by atoms with Gasteiger partial charge in [0.25, 0.3) is 11.8 Å². The number of carbonyl (C=O) groups is 3. The van der Waals surface area contributed by atoms with Crippen LogP contribution in [0.4, 0.5) is 0 Å². The third-order valence-electron chi connectivity index (χ3n) is 4.16. The largest absolute Gasteiger partial charge is 0.423 e. The van der Waals surface area contributed by atoms with Gasteiger partial charge in [-0.1, -0.05) is 39.1 Å². The maximum absolute atomic E-state index is 12.1. The number of hydrazone groups is 1. The van der Waals surface area contributed by atoms with Gasteiger partial charge in [-0.3, -0.25) is 9.59 Å². The Hall–Kier alpha value is -3.20. The average Bonchev–Trinajstić information content (AvgIpc) is 2.81.